The number of hydrogen-bond acceptors (Lipinski definition) is 3. The minimum absolute atomic E-state index is 0.214. The van der Waals surface area contributed by atoms with E-state index in [1.54, 1.807) is 0 Å². The van der Waals surface area contributed by atoms with Crippen LogP contribution in [0.15, 0.2) is 0 Å². The van der Waals surface area contributed by atoms with Gasteiger partial charge < -0.3 is 9.47 Å². The van der Waals surface area contributed by atoms with Crippen LogP contribution in [0.5, 0.6) is 0 Å². The van der Waals surface area contributed by atoms with Gasteiger partial charge in [0.15, 0.2) is 0 Å². The van der Waals surface area contributed by atoms with Crippen molar-refractivity contribution in [3.63, 3.8) is 0 Å². The van der Waals surface area contributed by atoms with Crippen molar-refractivity contribution >= 4 is 71.6 Å². The molecular weight excluding hydrogens is 354 g/mol. The molecule has 0 amide bonds. The molecule has 0 radical (unpaired) electrons. The summed E-state index contributed by atoms with van der Waals surface area (Å²) in [6.45, 7) is 0.735. The summed E-state index contributed by atoms with van der Waals surface area (Å²) < 4.78 is 9.34. The molecule has 3 nitrogen and oxygen atoms in total. The molecule has 0 aromatic rings. The van der Waals surface area contributed by atoms with Crippen molar-refractivity contribution in [3.8, 4) is 0 Å². The van der Waals surface area contributed by atoms with Gasteiger partial charge in [0.1, 0.15) is 0 Å². The summed E-state index contributed by atoms with van der Waals surface area (Å²) >= 11 is 22.5. The highest BCUT2D eigenvalue weighted by Crippen LogP contribution is 2.05. The zero-order valence-electron chi connectivity index (χ0n) is 10.0. The highest BCUT2D eigenvalue weighted by atomic mass is 35.5. The normalized spacial score (nSPS) is 12.3. The molecule has 9 heteroatoms. The second-order valence-corrected chi connectivity index (χ2v) is 12.5. The van der Waals surface area contributed by atoms with E-state index in [1.165, 1.54) is 0 Å². The number of ether oxygens (including phenoxy) is 2. The van der Waals surface area contributed by atoms with Crippen LogP contribution in [0.25, 0.3) is 0 Å². The van der Waals surface area contributed by atoms with E-state index in [9.17, 15) is 4.79 Å². The highest BCUT2D eigenvalue weighted by molar-refractivity contribution is 6.69. The highest BCUT2D eigenvalue weighted by Gasteiger charge is 2.05. The van der Waals surface area contributed by atoms with Crippen molar-refractivity contribution in [2.45, 2.75) is 33.8 Å². The molecule has 0 aromatic carbocycles. The largest absolute Gasteiger partial charge is 0.508 e. The van der Waals surface area contributed by atoms with E-state index in [1.807, 2.05) is 0 Å². The maximum Gasteiger partial charge on any atom is 0.508 e. The van der Waals surface area contributed by atoms with Gasteiger partial charge in [-0.1, -0.05) is 12.1 Å². The first-order valence-electron chi connectivity index (χ1n) is 5.88. The van der Waals surface area contributed by atoms with E-state index in [0.29, 0.717) is 13.2 Å². The molecule has 0 bridgehead atoms. The van der Waals surface area contributed by atoms with Gasteiger partial charge >= 0.3 is 6.16 Å². The molecule has 108 valence electrons. The quantitative estimate of drug-likeness (QED) is 0.256. The number of rotatable bonds is 10. The SMILES string of the molecule is O=C(OCCC[SiH2]C(Cl)Cl)OCCC[SiH2]C(Cl)Cl. The van der Waals surface area contributed by atoms with Crippen LogP contribution < -0.4 is 0 Å². The Labute approximate surface area is 132 Å². The van der Waals surface area contributed by atoms with Gasteiger partial charge in [-0.15, -0.1) is 46.4 Å². The second-order valence-electron chi connectivity index (χ2n) is 3.72. The summed E-state index contributed by atoms with van der Waals surface area (Å²) in [4.78, 5) is 11.1. The number of carbonyl (C=O) groups is 1. The lowest BCUT2D eigenvalue weighted by Crippen LogP contribution is -2.11. The predicted molar refractivity (Wildman–Crippen MR) is 84.2 cm³/mol. The maximum atomic E-state index is 11.1. The van der Waals surface area contributed by atoms with Crippen molar-refractivity contribution in [2.75, 3.05) is 13.2 Å². The fourth-order valence-corrected chi connectivity index (χ4v) is 4.61. The number of alkyl halides is 4. The number of carbonyl (C=O) groups excluding carboxylic acids is 1. The lowest BCUT2D eigenvalue weighted by atomic mass is 10.5. The van der Waals surface area contributed by atoms with E-state index >= 15 is 0 Å². The Kier molecular flexibility index (Phi) is 13.5. The van der Waals surface area contributed by atoms with Gasteiger partial charge in [-0.2, -0.15) is 0 Å². The third-order valence-corrected chi connectivity index (χ3v) is 7.38. The van der Waals surface area contributed by atoms with Crippen LogP contribution in [0.1, 0.15) is 12.8 Å². The molecule has 0 spiro atoms. The Bertz CT molecular complexity index is 200. The standard InChI is InChI=1S/C9H18Cl4O3Si2/c10-7(11)17-5-1-3-15-9(14)16-4-2-6-18-8(12)13/h7-8H,1-6,17-18H2. The predicted octanol–water partition coefficient (Wildman–Crippen LogP) is 2.62. The Hall–Kier alpha value is 0.864. The molecule has 0 aliphatic rings. The molecule has 0 aliphatic heterocycles. The fraction of sp³-hybridized carbons (Fsp3) is 0.889. The van der Waals surface area contributed by atoms with E-state index in [-0.39, 0.29) is 8.92 Å². The molecule has 18 heavy (non-hydrogen) atoms. The minimum atomic E-state index is -0.611. The summed E-state index contributed by atoms with van der Waals surface area (Å²) in [6.07, 6.45) is 0.981. The summed E-state index contributed by atoms with van der Waals surface area (Å²) in [5.74, 6) is 0. The molecule has 0 aliphatic carbocycles. The van der Waals surface area contributed by atoms with Gasteiger partial charge in [-0.3, -0.25) is 0 Å². The summed E-state index contributed by atoms with van der Waals surface area (Å²) in [5.41, 5.74) is 0. The van der Waals surface area contributed by atoms with Gasteiger partial charge in [-0.05, 0) is 12.8 Å². The van der Waals surface area contributed by atoms with Crippen LogP contribution >= 0.6 is 46.4 Å². The second kappa shape index (κ2) is 12.9. The minimum Gasteiger partial charge on any atom is -0.434 e. The number of hydrogen-bond donors (Lipinski definition) is 0. The molecule has 0 saturated carbocycles. The van der Waals surface area contributed by atoms with Crippen LogP contribution in [0, 0.1) is 0 Å². The summed E-state index contributed by atoms with van der Waals surface area (Å²) in [5, 5.41) is 0. The molecule has 0 fully saturated rings. The molecule has 0 atom stereocenters. The first kappa shape index (κ1) is 18.9. The maximum absolute atomic E-state index is 11.1. The molecule has 0 aromatic heterocycles. The van der Waals surface area contributed by atoms with Crippen LogP contribution in [0.4, 0.5) is 4.79 Å². The van der Waals surface area contributed by atoms with Gasteiger partial charge in [0.25, 0.3) is 0 Å². The van der Waals surface area contributed by atoms with E-state index in [4.69, 9.17) is 55.9 Å². The first-order chi connectivity index (χ1) is 8.52. The van der Waals surface area contributed by atoms with Gasteiger partial charge in [0.05, 0.1) is 41.2 Å². The Morgan fingerprint density at radius 1 is 0.889 bits per heavy atom. The van der Waals surface area contributed by atoms with Crippen LogP contribution in [0.3, 0.4) is 0 Å². The van der Waals surface area contributed by atoms with Crippen LogP contribution in [0.2, 0.25) is 12.1 Å². The van der Waals surface area contributed by atoms with E-state index in [2.05, 4.69) is 0 Å². The Morgan fingerprint density at radius 3 is 1.61 bits per heavy atom. The van der Waals surface area contributed by atoms with Gasteiger partial charge in [0.2, 0.25) is 0 Å². The molecular formula is C9H18Cl4O3Si2. The Morgan fingerprint density at radius 2 is 1.28 bits per heavy atom. The smallest absolute Gasteiger partial charge is 0.434 e. The van der Waals surface area contributed by atoms with Crippen molar-refractivity contribution in [1.82, 2.24) is 0 Å². The summed E-state index contributed by atoms with van der Waals surface area (Å²) in [7, 11) is -0.902. The lowest BCUT2D eigenvalue weighted by molar-refractivity contribution is 0.0555. The summed E-state index contributed by atoms with van der Waals surface area (Å²) in [6, 6.07) is 1.92. The van der Waals surface area contributed by atoms with Crippen molar-refractivity contribution in [2.24, 2.45) is 0 Å². The zero-order valence-corrected chi connectivity index (χ0v) is 15.9. The van der Waals surface area contributed by atoms with Crippen molar-refractivity contribution in [1.29, 1.82) is 0 Å². The van der Waals surface area contributed by atoms with Gasteiger partial charge in [-0.25, -0.2) is 4.79 Å². The topological polar surface area (TPSA) is 35.5 Å². The molecule has 0 saturated heterocycles. The van der Waals surface area contributed by atoms with Crippen LogP contribution in [-0.4, -0.2) is 47.3 Å². The van der Waals surface area contributed by atoms with E-state index in [0.717, 1.165) is 24.9 Å². The third-order valence-electron chi connectivity index (χ3n) is 2.07. The third kappa shape index (κ3) is 14.9. The molecule has 0 N–H and O–H groups in total. The number of halogens is 4. The Balaban J connectivity index is 3.22. The average molecular weight is 372 g/mol. The monoisotopic (exact) mass is 370 g/mol. The molecule has 0 heterocycles. The van der Waals surface area contributed by atoms with Gasteiger partial charge in [0, 0.05) is 0 Å². The van der Waals surface area contributed by atoms with E-state index < -0.39 is 25.2 Å². The van der Waals surface area contributed by atoms with Crippen molar-refractivity contribution in [3.05, 3.63) is 0 Å². The lowest BCUT2D eigenvalue weighted by Gasteiger charge is -2.06. The van der Waals surface area contributed by atoms with Crippen LogP contribution in [-0.2, 0) is 9.47 Å². The molecule has 0 unspecified atom stereocenters. The van der Waals surface area contributed by atoms with Crippen molar-refractivity contribution < 1.29 is 14.3 Å². The first-order valence-corrected chi connectivity index (χ1v) is 11.3. The zero-order chi connectivity index (χ0) is 13.8. The average Bonchev–Trinajstić information content (AvgIpc) is 2.27. The fourth-order valence-electron chi connectivity index (χ4n) is 1.15. The molecule has 0 rings (SSSR count).